The first-order valence-electron chi connectivity index (χ1n) is 18.6. The zero-order valence-corrected chi connectivity index (χ0v) is 30.2. The average Bonchev–Trinajstić information content (AvgIpc) is 3.26. The monoisotopic (exact) mass is 719 g/mol. The SMILES string of the molecule is O=[N+]([O-])c1ccc(N(c2ccc(-c3ccc(-c4c5ccccc5c(-c5cccc6ccccc56)c5ccccc45)cc3)cc2)c2ccc3cccnc3c2)cc1. The van der Waals surface area contributed by atoms with E-state index in [1.165, 1.54) is 49.0 Å². The van der Waals surface area contributed by atoms with Gasteiger partial charge in [0.15, 0.2) is 0 Å². The normalized spacial score (nSPS) is 11.4. The lowest BCUT2D eigenvalue weighted by atomic mass is 9.84. The van der Waals surface area contributed by atoms with Gasteiger partial charge in [-0.15, -0.1) is 0 Å². The number of hydrogen-bond acceptors (Lipinski definition) is 4. The summed E-state index contributed by atoms with van der Waals surface area (Å²) in [5.41, 5.74) is 10.7. The van der Waals surface area contributed by atoms with Crippen LogP contribution in [0.5, 0.6) is 0 Å². The molecule has 9 aromatic carbocycles. The maximum atomic E-state index is 11.4. The average molecular weight is 720 g/mol. The van der Waals surface area contributed by atoms with Gasteiger partial charge in [-0.3, -0.25) is 15.1 Å². The van der Waals surface area contributed by atoms with E-state index in [0.717, 1.165) is 44.7 Å². The summed E-state index contributed by atoms with van der Waals surface area (Å²) in [6, 6.07) is 66.9. The van der Waals surface area contributed by atoms with Crippen LogP contribution in [0.3, 0.4) is 0 Å². The second-order valence-electron chi connectivity index (χ2n) is 14.0. The molecule has 0 aliphatic rings. The van der Waals surface area contributed by atoms with Gasteiger partial charge in [0.2, 0.25) is 0 Å². The lowest BCUT2D eigenvalue weighted by Gasteiger charge is -2.26. The summed E-state index contributed by atoms with van der Waals surface area (Å²) in [6.45, 7) is 0. The van der Waals surface area contributed by atoms with E-state index in [1.54, 1.807) is 30.5 Å². The van der Waals surface area contributed by atoms with Crippen molar-refractivity contribution in [2.45, 2.75) is 0 Å². The van der Waals surface area contributed by atoms with Gasteiger partial charge in [0, 0.05) is 40.8 Å². The summed E-state index contributed by atoms with van der Waals surface area (Å²) in [4.78, 5) is 17.8. The van der Waals surface area contributed by atoms with E-state index in [0.29, 0.717) is 0 Å². The maximum absolute atomic E-state index is 11.4. The van der Waals surface area contributed by atoms with Gasteiger partial charge < -0.3 is 4.90 Å². The third-order valence-electron chi connectivity index (χ3n) is 10.8. The molecular weight excluding hydrogens is 687 g/mol. The fourth-order valence-corrected chi connectivity index (χ4v) is 8.17. The Morgan fingerprint density at radius 3 is 1.57 bits per heavy atom. The highest BCUT2D eigenvalue weighted by atomic mass is 16.6. The van der Waals surface area contributed by atoms with E-state index in [1.807, 2.05) is 18.2 Å². The number of anilines is 3. The highest BCUT2D eigenvalue weighted by molar-refractivity contribution is 6.23. The lowest BCUT2D eigenvalue weighted by molar-refractivity contribution is -0.384. The second kappa shape index (κ2) is 13.7. The van der Waals surface area contributed by atoms with Crippen molar-refractivity contribution in [1.29, 1.82) is 0 Å². The number of nitrogens with zero attached hydrogens (tertiary/aromatic N) is 3. The molecule has 0 spiro atoms. The number of non-ortho nitro benzene ring substituents is 1. The fourth-order valence-electron chi connectivity index (χ4n) is 8.17. The van der Waals surface area contributed by atoms with Crippen LogP contribution in [0, 0.1) is 10.1 Å². The predicted octanol–water partition coefficient (Wildman–Crippen LogP) is 14.1. The van der Waals surface area contributed by atoms with Crippen molar-refractivity contribution < 1.29 is 4.92 Å². The summed E-state index contributed by atoms with van der Waals surface area (Å²) in [5, 5.41) is 19.9. The Morgan fingerprint density at radius 2 is 0.929 bits per heavy atom. The van der Waals surface area contributed by atoms with Crippen LogP contribution in [0.15, 0.2) is 200 Å². The Bertz CT molecular complexity index is 3040. The number of nitro groups is 1. The van der Waals surface area contributed by atoms with Crippen LogP contribution in [0.1, 0.15) is 0 Å². The van der Waals surface area contributed by atoms with Crippen LogP contribution in [-0.2, 0) is 0 Å². The molecule has 56 heavy (non-hydrogen) atoms. The van der Waals surface area contributed by atoms with Gasteiger partial charge in [0.1, 0.15) is 0 Å². The van der Waals surface area contributed by atoms with Crippen molar-refractivity contribution in [2.75, 3.05) is 4.90 Å². The zero-order valence-electron chi connectivity index (χ0n) is 30.2. The quantitative estimate of drug-likeness (QED) is 0.0935. The van der Waals surface area contributed by atoms with Gasteiger partial charge >= 0.3 is 0 Å². The van der Waals surface area contributed by atoms with E-state index >= 15 is 0 Å². The maximum Gasteiger partial charge on any atom is 0.269 e. The van der Waals surface area contributed by atoms with Crippen LogP contribution in [0.2, 0.25) is 0 Å². The Kier molecular flexibility index (Phi) is 8.04. The second-order valence-corrected chi connectivity index (χ2v) is 14.0. The highest BCUT2D eigenvalue weighted by Crippen LogP contribution is 2.45. The van der Waals surface area contributed by atoms with E-state index in [-0.39, 0.29) is 10.6 Å². The van der Waals surface area contributed by atoms with E-state index < -0.39 is 0 Å². The summed E-state index contributed by atoms with van der Waals surface area (Å²) in [7, 11) is 0. The molecular formula is C51H33N3O2. The summed E-state index contributed by atoms with van der Waals surface area (Å²) in [5.74, 6) is 0. The van der Waals surface area contributed by atoms with E-state index in [9.17, 15) is 10.1 Å². The molecule has 0 bridgehead atoms. The van der Waals surface area contributed by atoms with Crippen LogP contribution < -0.4 is 4.90 Å². The number of benzene rings is 9. The molecule has 5 nitrogen and oxygen atoms in total. The smallest absolute Gasteiger partial charge is 0.269 e. The van der Waals surface area contributed by atoms with Crippen molar-refractivity contribution in [3.8, 4) is 33.4 Å². The molecule has 0 radical (unpaired) electrons. The number of aromatic nitrogens is 1. The first-order valence-corrected chi connectivity index (χ1v) is 18.6. The fraction of sp³-hybridized carbons (Fsp3) is 0. The molecule has 0 saturated heterocycles. The van der Waals surface area contributed by atoms with Crippen molar-refractivity contribution >= 4 is 66.0 Å². The van der Waals surface area contributed by atoms with Crippen molar-refractivity contribution in [3.05, 3.63) is 210 Å². The molecule has 0 amide bonds. The van der Waals surface area contributed by atoms with Crippen molar-refractivity contribution in [1.82, 2.24) is 4.98 Å². The van der Waals surface area contributed by atoms with Gasteiger partial charge in [0.25, 0.3) is 5.69 Å². The van der Waals surface area contributed by atoms with Crippen molar-refractivity contribution in [2.24, 2.45) is 0 Å². The van der Waals surface area contributed by atoms with E-state index in [2.05, 4.69) is 162 Å². The molecule has 5 heteroatoms. The molecule has 0 unspecified atom stereocenters. The van der Waals surface area contributed by atoms with Crippen LogP contribution in [0.25, 0.3) is 76.6 Å². The lowest BCUT2D eigenvalue weighted by Crippen LogP contribution is -2.10. The van der Waals surface area contributed by atoms with Crippen LogP contribution in [-0.4, -0.2) is 9.91 Å². The molecule has 0 atom stereocenters. The molecule has 1 heterocycles. The Labute approximate surface area is 323 Å². The highest BCUT2D eigenvalue weighted by Gasteiger charge is 2.19. The van der Waals surface area contributed by atoms with Gasteiger partial charge in [-0.1, -0.05) is 140 Å². The zero-order chi connectivity index (χ0) is 37.6. The molecule has 0 aliphatic heterocycles. The molecule has 1 aromatic heterocycles. The van der Waals surface area contributed by atoms with Crippen LogP contribution >= 0.6 is 0 Å². The summed E-state index contributed by atoms with van der Waals surface area (Å²) >= 11 is 0. The number of fused-ring (bicyclic) bond motifs is 4. The molecule has 10 rings (SSSR count). The number of rotatable bonds is 7. The Morgan fingerprint density at radius 1 is 0.429 bits per heavy atom. The standard InChI is InChI=1S/C51H33N3O2/c55-54(56)41-30-28-40(29-31-41)53(42-27-24-37-11-8-32-52-49(37)33-42)39-25-22-35(23-26-39)34-18-20-38(21-19-34)50-45-13-3-5-15-47(45)51(48-16-6-4-14-46(48)50)44-17-7-10-36-9-1-2-12-43(36)44/h1-33H. The predicted molar refractivity (Wildman–Crippen MR) is 232 cm³/mol. The number of hydrogen-bond donors (Lipinski definition) is 0. The Balaban J connectivity index is 1.04. The van der Waals surface area contributed by atoms with Gasteiger partial charge in [-0.05, 0) is 108 Å². The molecule has 0 N–H and O–H groups in total. The number of pyridine rings is 1. The van der Waals surface area contributed by atoms with Crippen LogP contribution in [0.4, 0.5) is 22.7 Å². The molecule has 0 aliphatic carbocycles. The largest absolute Gasteiger partial charge is 0.310 e. The number of nitro benzene ring substituents is 1. The molecule has 10 aromatic rings. The van der Waals surface area contributed by atoms with Gasteiger partial charge in [-0.2, -0.15) is 0 Å². The third-order valence-corrected chi connectivity index (χ3v) is 10.8. The Hall–Kier alpha value is -7.63. The topological polar surface area (TPSA) is 59.3 Å². The molecule has 264 valence electrons. The van der Waals surface area contributed by atoms with E-state index in [4.69, 9.17) is 0 Å². The third kappa shape index (κ3) is 5.70. The summed E-state index contributed by atoms with van der Waals surface area (Å²) in [6.07, 6.45) is 1.79. The van der Waals surface area contributed by atoms with Gasteiger partial charge in [-0.25, -0.2) is 0 Å². The summed E-state index contributed by atoms with van der Waals surface area (Å²) < 4.78 is 0. The minimum absolute atomic E-state index is 0.0504. The first-order chi connectivity index (χ1) is 27.6. The minimum Gasteiger partial charge on any atom is -0.310 e. The molecule has 0 saturated carbocycles. The van der Waals surface area contributed by atoms with Gasteiger partial charge in [0.05, 0.1) is 10.4 Å². The first kappa shape index (κ1) is 33.0. The molecule has 0 fully saturated rings. The van der Waals surface area contributed by atoms with Crippen molar-refractivity contribution in [3.63, 3.8) is 0 Å². The minimum atomic E-state index is -0.375.